The van der Waals surface area contributed by atoms with E-state index in [9.17, 15) is 9.90 Å². The van der Waals surface area contributed by atoms with Gasteiger partial charge >= 0.3 is 0 Å². The molecule has 0 aromatic carbocycles. The van der Waals surface area contributed by atoms with Crippen LogP contribution < -0.4 is 5.73 Å². The summed E-state index contributed by atoms with van der Waals surface area (Å²) in [5.74, 6) is -0.126. The number of aliphatic hydroxyl groups is 1. The molecule has 1 aromatic heterocycles. The molecule has 3 N–H and O–H groups in total. The van der Waals surface area contributed by atoms with Crippen LogP contribution in [0.15, 0.2) is 18.3 Å². The third-order valence-corrected chi connectivity index (χ3v) is 3.24. The van der Waals surface area contributed by atoms with E-state index in [0.717, 1.165) is 18.4 Å². The van der Waals surface area contributed by atoms with Gasteiger partial charge in [0.15, 0.2) is 0 Å². The van der Waals surface area contributed by atoms with E-state index in [1.807, 2.05) is 6.07 Å². The summed E-state index contributed by atoms with van der Waals surface area (Å²) in [4.78, 5) is 18.0. The molecule has 2 heterocycles. The van der Waals surface area contributed by atoms with E-state index in [0.29, 0.717) is 25.3 Å². The maximum Gasteiger partial charge on any atom is 0.272 e. The quantitative estimate of drug-likeness (QED) is 0.801. The number of nitrogens with two attached hydrogens (primary N) is 1. The fourth-order valence-corrected chi connectivity index (χ4v) is 2.23. The van der Waals surface area contributed by atoms with Gasteiger partial charge in [-0.15, -0.1) is 0 Å². The predicted molar refractivity (Wildman–Crippen MR) is 67.9 cm³/mol. The van der Waals surface area contributed by atoms with E-state index in [2.05, 4.69) is 4.98 Å². The lowest BCUT2D eigenvalue weighted by atomic mass is 9.95. The zero-order chi connectivity index (χ0) is 13.2. The standard InChI is InChI=1S/C13H19N3O2/c1-13(18)5-2-6-16(9-13)12(17)11-4-3-10(7-14)8-15-11/h3-4,8,18H,2,5-7,9,14H2,1H3. The minimum atomic E-state index is -0.787. The van der Waals surface area contributed by atoms with Crippen molar-refractivity contribution < 1.29 is 9.90 Å². The van der Waals surface area contributed by atoms with Gasteiger partial charge in [-0.1, -0.05) is 6.07 Å². The summed E-state index contributed by atoms with van der Waals surface area (Å²) in [6.07, 6.45) is 3.17. The number of nitrogens with zero attached hydrogens (tertiary/aromatic N) is 2. The molecule has 98 valence electrons. The lowest BCUT2D eigenvalue weighted by Crippen LogP contribution is -2.48. The Hall–Kier alpha value is -1.46. The first-order chi connectivity index (χ1) is 8.52. The van der Waals surface area contributed by atoms with Crippen molar-refractivity contribution in [3.8, 4) is 0 Å². The van der Waals surface area contributed by atoms with Crippen LogP contribution >= 0.6 is 0 Å². The van der Waals surface area contributed by atoms with Crippen LogP contribution in [0.25, 0.3) is 0 Å². The minimum Gasteiger partial charge on any atom is -0.388 e. The Kier molecular flexibility index (Phi) is 3.63. The van der Waals surface area contributed by atoms with Crippen molar-refractivity contribution >= 4 is 5.91 Å². The van der Waals surface area contributed by atoms with Crippen LogP contribution in [0.2, 0.25) is 0 Å². The van der Waals surface area contributed by atoms with E-state index >= 15 is 0 Å². The fourth-order valence-electron chi connectivity index (χ4n) is 2.23. The first-order valence-corrected chi connectivity index (χ1v) is 6.18. The van der Waals surface area contributed by atoms with E-state index < -0.39 is 5.60 Å². The van der Waals surface area contributed by atoms with Gasteiger partial charge in [0.1, 0.15) is 5.69 Å². The average molecular weight is 249 g/mol. The zero-order valence-corrected chi connectivity index (χ0v) is 10.6. The molecule has 1 amide bonds. The Morgan fingerprint density at radius 3 is 2.94 bits per heavy atom. The molecule has 1 aliphatic heterocycles. The molecule has 5 nitrogen and oxygen atoms in total. The van der Waals surface area contributed by atoms with Gasteiger partial charge in [0.25, 0.3) is 5.91 Å². The fraction of sp³-hybridized carbons (Fsp3) is 0.538. The number of carbonyl (C=O) groups is 1. The van der Waals surface area contributed by atoms with Crippen LogP contribution in [-0.2, 0) is 6.54 Å². The second-order valence-corrected chi connectivity index (χ2v) is 5.08. The Bertz CT molecular complexity index is 428. The molecule has 0 spiro atoms. The Balaban J connectivity index is 2.10. The molecule has 5 heteroatoms. The second-order valence-electron chi connectivity index (χ2n) is 5.08. The number of carbonyl (C=O) groups excluding carboxylic acids is 1. The molecule has 1 aromatic rings. The maximum atomic E-state index is 12.2. The van der Waals surface area contributed by atoms with Gasteiger partial charge in [-0.3, -0.25) is 9.78 Å². The molecule has 1 unspecified atom stereocenters. The highest BCUT2D eigenvalue weighted by atomic mass is 16.3. The Morgan fingerprint density at radius 2 is 2.39 bits per heavy atom. The SMILES string of the molecule is CC1(O)CCCN(C(=O)c2ccc(CN)cn2)C1. The number of piperidine rings is 1. The van der Waals surface area contributed by atoms with Gasteiger partial charge in [0, 0.05) is 25.8 Å². The maximum absolute atomic E-state index is 12.2. The van der Waals surface area contributed by atoms with Crippen LogP contribution in [0.4, 0.5) is 0 Å². The van der Waals surface area contributed by atoms with Crippen LogP contribution in [0.1, 0.15) is 35.8 Å². The molecule has 1 saturated heterocycles. The summed E-state index contributed by atoms with van der Waals surface area (Å²) in [6, 6.07) is 3.50. The van der Waals surface area contributed by atoms with Crippen molar-refractivity contribution in [3.05, 3.63) is 29.6 Å². The van der Waals surface area contributed by atoms with Crippen LogP contribution in [-0.4, -0.2) is 39.6 Å². The Labute approximate surface area is 107 Å². The molecule has 0 bridgehead atoms. The molecule has 18 heavy (non-hydrogen) atoms. The number of β-amino-alcohol motifs (C(OH)–C–C–N with tert-alkyl or cyclic N) is 1. The second kappa shape index (κ2) is 5.04. The topological polar surface area (TPSA) is 79.5 Å². The number of aromatic nitrogens is 1. The molecule has 0 aliphatic carbocycles. The lowest BCUT2D eigenvalue weighted by Gasteiger charge is -2.36. The summed E-state index contributed by atoms with van der Waals surface area (Å²) in [5.41, 5.74) is 6.01. The molecule has 1 atom stereocenters. The van der Waals surface area contributed by atoms with Gasteiger partial charge in [-0.2, -0.15) is 0 Å². The highest BCUT2D eigenvalue weighted by Crippen LogP contribution is 2.21. The zero-order valence-electron chi connectivity index (χ0n) is 10.6. The van der Waals surface area contributed by atoms with Gasteiger partial charge < -0.3 is 15.7 Å². The summed E-state index contributed by atoms with van der Waals surface area (Å²) >= 11 is 0. The number of amides is 1. The molecular formula is C13H19N3O2. The number of likely N-dealkylation sites (tertiary alicyclic amines) is 1. The van der Waals surface area contributed by atoms with Gasteiger partial charge in [0.2, 0.25) is 0 Å². The van der Waals surface area contributed by atoms with Gasteiger partial charge in [-0.05, 0) is 31.4 Å². The summed E-state index contributed by atoms with van der Waals surface area (Å²) < 4.78 is 0. The number of rotatable bonds is 2. The van der Waals surface area contributed by atoms with Crippen molar-refractivity contribution in [3.63, 3.8) is 0 Å². The normalized spacial score (nSPS) is 24.1. The van der Waals surface area contributed by atoms with Gasteiger partial charge in [0.05, 0.1) is 5.60 Å². The minimum absolute atomic E-state index is 0.126. The largest absolute Gasteiger partial charge is 0.388 e. The van der Waals surface area contributed by atoms with Crippen molar-refractivity contribution in [2.45, 2.75) is 31.9 Å². The molecule has 0 radical (unpaired) electrons. The van der Waals surface area contributed by atoms with Crippen molar-refractivity contribution in [1.29, 1.82) is 0 Å². The first kappa shape index (κ1) is 13.0. The lowest BCUT2D eigenvalue weighted by molar-refractivity contribution is -0.0109. The highest BCUT2D eigenvalue weighted by Gasteiger charge is 2.31. The molecule has 1 fully saturated rings. The van der Waals surface area contributed by atoms with Crippen molar-refractivity contribution in [1.82, 2.24) is 9.88 Å². The first-order valence-electron chi connectivity index (χ1n) is 6.18. The number of hydrogen-bond acceptors (Lipinski definition) is 4. The average Bonchev–Trinajstić information content (AvgIpc) is 2.37. The summed E-state index contributed by atoms with van der Waals surface area (Å²) in [5, 5.41) is 9.99. The van der Waals surface area contributed by atoms with E-state index in [1.165, 1.54) is 0 Å². The number of hydrogen-bond donors (Lipinski definition) is 2. The smallest absolute Gasteiger partial charge is 0.272 e. The third kappa shape index (κ3) is 2.86. The van der Waals surface area contributed by atoms with E-state index in [-0.39, 0.29) is 5.91 Å². The van der Waals surface area contributed by atoms with Crippen LogP contribution in [0, 0.1) is 0 Å². The molecular weight excluding hydrogens is 230 g/mol. The molecule has 1 aliphatic rings. The number of pyridine rings is 1. The van der Waals surface area contributed by atoms with E-state index in [1.54, 1.807) is 24.1 Å². The Morgan fingerprint density at radius 1 is 1.61 bits per heavy atom. The monoisotopic (exact) mass is 249 g/mol. The highest BCUT2D eigenvalue weighted by molar-refractivity contribution is 5.92. The molecule has 2 rings (SSSR count). The summed E-state index contributed by atoms with van der Waals surface area (Å²) in [6.45, 7) is 3.22. The molecule has 0 saturated carbocycles. The van der Waals surface area contributed by atoms with Crippen LogP contribution in [0.5, 0.6) is 0 Å². The predicted octanol–water partition coefficient (Wildman–Crippen LogP) is 0.527. The van der Waals surface area contributed by atoms with Crippen molar-refractivity contribution in [2.75, 3.05) is 13.1 Å². The third-order valence-electron chi connectivity index (χ3n) is 3.24. The van der Waals surface area contributed by atoms with Crippen LogP contribution in [0.3, 0.4) is 0 Å². The summed E-state index contributed by atoms with van der Waals surface area (Å²) in [7, 11) is 0. The van der Waals surface area contributed by atoms with Crippen molar-refractivity contribution in [2.24, 2.45) is 5.73 Å². The van der Waals surface area contributed by atoms with Gasteiger partial charge in [-0.25, -0.2) is 0 Å². The van der Waals surface area contributed by atoms with E-state index in [4.69, 9.17) is 5.73 Å².